The van der Waals surface area contributed by atoms with Gasteiger partial charge in [0.2, 0.25) is 5.95 Å². The van der Waals surface area contributed by atoms with E-state index >= 15 is 0 Å². The van der Waals surface area contributed by atoms with Crippen LogP contribution in [-0.2, 0) is 7.05 Å². The van der Waals surface area contributed by atoms with E-state index in [0.717, 1.165) is 28.2 Å². The first kappa shape index (κ1) is 16.5. The van der Waals surface area contributed by atoms with Crippen molar-refractivity contribution in [3.05, 3.63) is 76.4 Å². The second-order valence-corrected chi connectivity index (χ2v) is 6.70. The lowest BCUT2D eigenvalue weighted by Crippen LogP contribution is -2.08. The van der Waals surface area contributed by atoms with Gasteiger partial charge in [-0.15, -0.1) is 0 Å². The summed E-state index contributed by atoms with van der Waals surface area (Å²) in [5.74, 6) is 0.869. The molecule has 0 aliphatic rings. The number of nitrogens with zero attached hydrogens (tertiary/aromatic N) is 2. The van der Waals surface area contributed by atoms with Gasteiger partial charge in [0.05, 0.1) is 11.9 Å². The molecule has 3 nitrogen and oxygen atoms in total. The van der Waals surface area contributed by atoms with Crippen molar-refractivity contribution in [1.82, 2.24) is 9.55 Å². The van der Waals surface area contributed by atoms with Gasteiger partial charge in [0.1, 0.15) is 0 Å². The number of halogens is 1. The monoisotopic (exact) mass is 381 g/mol. The van der Waals surface area contributed by atoms with Gasteiger partial charge in [-0.1, -0.05) is 70.0 Å². The topological polar surface area (TPSA) is 29.9 Å². The van der Waals surface area contributed by atoms with Crippen molar-refractivity contribution in [2.45, 2.75) is 6.92 Å². The lowest BCUT2D eigenvalue weighted by molar-refractivity contribution is 0.916. The van der Waals surface area contributed by atoms with Crippen molar-refractivity contribution in [2.75, 3.05) is 11.9 Å². The van der Waals surface area contributed by atoms with Crippen LogP contribution < -0.4 is 5.32 Å². The van der Waals surface area contributed by atoms with Crippen LogP contribution in [0, 0.1) is 0 Å². The summed E-state index contributed by atoms with van der Waals surface area (Å²) < 4.78 is 3.16. The molecule has 3 aromatic rings. The zero-order valence-electron chi connectivity index (χ0n) is 13.8. The Morgan fingerprint density at radius 1 is 1.12 bits per heavy atom. The van der Waals surface area contributed by atoms with Crippen LogP contribution in [0.2, 0.25) is 0 Å². The van der Waals surface area contributed by atoms with Crippen molar-refractivity contribution in [2.24, 2.45) is 7.05 Å². The third-order valence-corrected chi connectivity index (χ3v) is 4.39. The van der Waals surface area contributed by atoms with E-state index in [1.165, 1.54) is 11.1 Å². The molecule has 4 heteroatoms. The highest BCUT2D eigenvalue weighted by molar-refractivity contribution is 9.10. The molecule has 0 spiro atoms. The van der Waals surface area contributed by atoms with E-state index < -0.39 is 0 Å². The minimum Gasteiger partial charge on any atom is -0.352 e. The maximum absolute atomic E-state index is 4.51. The molecule has 0 amide bonds. The zero-order valence-corrected chi connectivity index (χ0v) is 15.4. The number of nitrogens with one attached hydrogen (secondary N) is 1. The first-order valence-electron chi connectivity index (χ1n) is 7.87. The summed E-state index contributed by atoms with van der Waals surface area (Å²) in [4.78, 5) is 4.51. The number of benzene rings is 2. The highest BCUT2D eigenvalue weighted by Gasteiger charge is 2.08. The molecule has 1 N–H and O–H groups in total. The standard InChI is InChI=1S/C20H20BrN3/c1-15(12-16-6-4-3-5-7-16)13-22-20-23-14-19(24(20)2)17-8-10-18(21)11-9-17/h3-12,14H,13H2,1-2H3,(H,22,23). The van der Waals surface area contributed by atoms with Gasteiger partial charge in [-0.3, -0.25) is 0 Å². The van der Waals surface area contributed by atoms with Gasteiger partial charge in [-0.2, -0.15) is 0 Å². The molecule has 0 bridgehead atoms. The quantitative estimate of drug-likeness (QED) is 0.643. The molecule has 1 aromatic heterocycles. The Morgan fingerprint density at radius 3 is 2.54 bits per heavy atom. The fourth-order valence-electron chi connectivity index (χ4n) is 2.57. The Kier molecular flexibility index (Phi) is 5.16. The molecular weight excluding hydrogens is 362 g/mol. The Labute approximate surface area is 151 Å². The van der Waals surface area contributed by atoms with Crippen molar-refractivity contribution in [3.8, 4) is 11.3 Å². The molecule has 0 fully saturated rings. The Hall–Kier alpha value is -2.33. The zero-order chi connectivity index (χ0) is 16.9. The van der Waals surface area contributed by atoms with Crippen molar-refractivity contribution in [1.29, 1.82) is 0 Å². The number of hydrogen-bond donors (Lipinski definition) is 1. The summed E-state index contributed by atoms with van der Waals surface area (Å²) in [7, 11) is 2.03. The number of rotatable bonds is 5. The highest BCUT2D eigenvalue weighted by Crippen LogP contribution is 2.23. The van der Waals surface area contributed by atoms with E-state index in [0.29, 0.717) is 0 Å². The van der Waals surface area contributed by atoms with E-state index in [1.54, 1.807) is 0 Å². The molecule has 0 aliphatic heterocycles. The first-order valence-corrected chi connectivity index (χ1v) is 8.66. The maximum Gasteiger partial charge on any atom is 0.203 e. The minimum absolute atomic E-state index is 0.763. The molecule has 0 unspecified atom stereocenters. The number of imidazole rings is 1. The van der Waals surface area contributed by atoms with E-state index in [4.69, 9.17) is 0 Å². The SMILES string of the molecule is CC(=Cc1ccccc1)CNc1ncc(-c2ccc(Br)cc2)n1C. The molecule has 24 heavy (non-hydrogen) atoms. The van der Waals surface area contributed by atoms with E-state index in [1.807, 2.05) is 31.4 Å². The van der Waals surface area contributed by atoms with Crippen LogP contribution in [0.5, 0.6) is 0 Å². The van der Waals surface area contributed by atoms with Gasteiger partial charge >= 0.3 is 0 Å². The van der Waals surface area contributed by atoms with E-state index in [9.17, 15) is 0 Å². The lowest BCUT2D eigenvalue weighted by Gasteiger charge is -2.09. The van der Waals surface area contributed by atoms with Gasteiger partial charge in [0.15, 0.2) is 0 Å². The van der Waals surface area contributed by atoms with Crippen LogP contribution >= 0.6 is 15.9 Å². The summed E-state index contributed by atoms with van der Waals surface area (Å²) in [5.41, 5.74) is 4.72. The highest BCUT2D eigenvalue weighted by atomic mass is 79.9. The fraction of sp³-hybridized carbons (Fsp3) is 0.150. The molecule has 1 heterocycles. The molecule has 0 atom stereocenters. The maximum atomic E-state index is 4.51. The van der Waals surface area contributed by atoms with Gasteiger partial charge < -0.3 is 9.88 Å². The third-order valence-electron chi connectivity index (χ3n) is 3.87. The second kappa shape index (κ2) is 7.49. The number of anilines is 1. The molecule has 0 saturated heterocycles. The van der Waals surface area contributed by atoms with Crippen molar-refractivity contribution >= 4 is 28.0 Å². The Balaban J connectivity index is 1.70. The molecule has 3 rings (SSSR count). The van der Waals surface area contributed by atoms with Gasteiger partial charge in [0.25, 0.3) is 0 Å². The van der Waals surface area contributed by atoms with Crippen molar-refractivity contribution < 1.29 is 0 Å². The first-order chi connectivity index (χ1) is 11.6. The smallest absolute Gasteiger partial charge is 0.203 e. The molecule has 0 aliphatic carbocycles. The van der Waals surface area contributed by atoms with E-state index in [-0.39, 0.29) is 0 Å². The summed E-state index contributed by atoms with van der Waals surface area (Å²) in [6, 6.07) is 18.6. The molecular formula is C20H20BrN3. The molecule has 2 aromatic carbocycles. The number of aromatic nitrogens is 2. The average Bonchev–Trinajstić information content (AvgIpc) is 2.95. The van der Waals surface area contributed by atoms with Crippen LogP contribution in [0.15, 0.2) is 70.8 Å². The largest absolute Gasteiger partial charge is 0.352 e. The van der Waals surface area contributed by atoms with Crippen LogP contribution in [0.3, 0.4) is 0 Å². The van der Waals surface area contributed by atoms with E-state index in [2.05, 4.69) is 80.2 Å². The minimum atomic E-state index is 0.763. The summed E-state index contributed by atoms with van der Waals surface area (Å²) in [6.07, 6.45) is 4.09. The summed E-state index contributed by atoms with van der Waals surface area (Å²) in [5, 5.41) is 3.41. The van der Waals surface area contributed by atoms with Crippen LogP contribution in [0.4, 0.5) is 5.95 Å². The van der Waals surface area contributed by atoms with Gasteiger partial charge in [0, 0.05) is 18.1 Å². The lowest BCUT2D eigenvalue weighted by atomic mass is 10.1. The van der Waals surface area contributed by atoms with Crippen molar-refractivity contribution in [3.63, 3.8) is 0 Å². The second-order valence-electron chi connectivity index (χ2n) is 5.79. The Bertz CT molecular complexity index is 833. The molecule has 0 radical (unpaired) electrons. The average molecular weight is 382 g/mol. The third kappa shape index (κ3) is 3.95. The predicted octanol–water partition coefficient (Wildman–Crippen LogP) is 5.37. The fourth-order valence-corrected chi connectivity index (χ4v) is 2.83. The van der Waals surface area contributed by atoms with Crippen LogP contribution in [0.25, 0.3) is 17.3 Å². The van der Waals surface area contributed by atoms with Crippen LogP contribution in [0.1, 0.15) is 12.5 Å². The summed E-state index contributed by atoms with van der Waals surface area (Å²) in [6.45, 7) is 2.89. The molecule has 122 valence electrons. The normalized spacial score (nSPS) is 11.5. The summed E-state index contributed by atoms with van der Waals surface area (Å²) >= 11 is 3.47. The Morgan fingerprint density at radius 2 is 1.83 bits per heavy atom. The number of hydrogen-bond acceptors (Lipinski definition) is 2. The predicted molar refractivity (Wildman–Crippen MR) is 105 cm³/mol. The van der Waals surface area contributed by atoms with Crippen LogP contribution in [-0.4, -0.2) is 16.1 Å². The van der Waals surface area contributed by atoms with Gasteiger partial charge in [-0.25, -0.2) is 4.98 Å². The molecule has 0 saturated carbocycles. The van der Waals surface area contributed by atoms with Gasteiger partial charge in [-0.05, 0) is 30.2 Å².